The van der Waals surface area contributed by atoms with E-state index >= 15 is 0 Å². The molecule has 13 heavy (non-hydrogen) atoms. The van der Waals surface area contributed by atoms with E-state index in [0.29, 0.717) is 11.6 Å². The summed E-state index contributed by atoms with van der Waals surface area (Å²) in [5, 5.41) is 0. The monoisotopic (exact) mass is 176 g/mol. The first kappa shape index (κ1) is 8.23. The van der Waals surface area contributed by atoms with E-state index in [2.05, 4.69) is 17.1 Å². The molecule has 0 N–H and O–H groups in total. The van der Waals surface area contributed by atoms with E-state index in [1.807, 2.05) is 4.57 Å². The number of carbonyl (C=O) groups is 1. The minimum Gasteiger partial charge on any atom is -0.336 e. The van der Waals surface area contributed by atoms with Gasteiger partial charge in [-0.2, -0.15) is 0 Å². The summed E-state index contributed by atoms with van der Waals surface area (Å²) in [5.74, 6) is 0.689. The van der Waals surface area contributed by atoms with Gasteiger partial charge in [0.1, 0.15) is 5.69 Å². The Morgan fingerprint density at radius 3 is 2.92 bits per heavy atom. The number of imidazole rings is 1. The molecule has 0 bridgehead atoms. The minimum atomic E-state index is 0.519. The summed E-state index contributed by atoms with van der Waals surface area (Å²) in [6.07, 6.45) is 11.0. The first-order valence-corrected chi connectivity index (χ1v) is 4.50. The third-order valence-electron chi connectivity index (χ3n) is 2.35. The highest BCUT2D eigenvalue weighted by Crippen LogP contribution is 2.19. The lowest BCUT2D eigenvalue weighted by Gasteiger charge is -2.08. The molecule has 0 saturated heterocycles. The molecule has 0 unspecified atom stereocenters. The average Bonchev–Trinajstić information content (AvgIpc) is 2.76. The Labute approximate surface area is 77.1 Å². The van der Waals surface area contributed by atoms with Crippen LogP contribution in [0, 0.1) is 5.92 Å². The Hall–Kier alpha value is -1.38. The molecule has 3 nitrogen and oxygen atoms in total. The molecule has 1 aromatic rings. The standard InChI is InChI=1S/C10H12N2O/c13-7-10-6-12(8-11-10)5-9-3-1-2-4-9/h1-2,6-9H,3-5H2. The molecule has 0 atom stereocenters. The van der Waals surface area contributed by atoms with E-state index in [4.69, 9.17) is 0 Å². The molecule has 0 fully saturated rings. The van der Waals surface area contributed by atoms with E-state index in [9.17, 15) is 4.79 Å². The van der Waals surface area contributed by atoms with Crippen molar-refractivity contribution in [2.75, 3.05) is 0 Å². The van der Waals surface area contributed by atoms with E-state index in [1.165, 1.54) is 0 Å². The van der Waals surface area contributed by atoms with Gasteiger partial charge in [-0.25, -0.2) is 4.98 Å². The Bertz CT molecular complexity index is 319. The highest BCUT2D eigenvalue weighted by molar-refractivity contribution is 5.70. The van der Waals surface area contributed by atoms with Gasteiger partial charge < -0.3 is 4.57 Å². The summed E-state index contributed by atoms with van der Waals surface area (Å²) in [6.45, 7) is 0.966. The maximum absolute atomic E-state index is 10.4. The smallest absolute Gasteiger partial charge is 0.169 e. The molecule has 0 amide bonds. The van der Waals surface area contributed by atoms with Gasteiger partial charge in [0.05, 0.1) is 6.33 Å². The van der Waals surface area contributed by atoms with Crippen LogP contribution in [0.15, 0.2) is 24.7 Å². The fraction of sp³-hybridized carbons (Fsp3) is 0.400. The SMILES string of the molecule is O=Cc1cn(CC2CC=CC2)cn1. The lowest BCUT2D eigenvalue weighted by Crippen LogP contribution is -2.05. The zero-order chi connectivity index (χ0) is 9.10. The molecule has 1 heterocycles. The molecule has 2 rings (SSSR count). The van der Waals surface area contributed by atoms with E-state index in [-0.39, 0.29) is 0 Å². The van der Waals surface area contributed by atoms with Crippen LogP contribution in [0.2, 0.25) is 0 Å². The van der Waals surface area contributed by atoms with Crippen molar-refractivity contribution in [3.05, 3.63) is 30.4 Å². The van der Waals surface area contributed by atoms with Crippen molar-refractivity contribution in [3.63, 3.8) is 0 Å². The number of aldehydes is 1. The number of rotatable bonds is 3. The van der Waals surface area contributed by atoms with Gasteiger partial charge >= 0.3 is 0 Å². The summed E-state index contributed by atoms with van der Waals surface area (Å²) in [4.78, 5) is 14.3. The van der Waals surface area contributed by atoms with Crippen molar-refractivity contribution in [2.45, 2.75) is 19.4 Å². The second-order valence-electron chi connectivity index (χ2n) is 3.42. The largest absolute Gasteiger partial charge is 0.336 e. The Morgan fingerprint density at radius 2 is 2.31 bits per heavy atom. The first-order chi connectivity index (χ1) is 6.38. The quantitative estimate of drug-likeness (QED) is 0.518. The zero-order valence-electron chi connectivity index (χ0n) is 7.39. The lowest BCUT2D eigenvalue weighted by molar-refractivity contribution is 0.111. The molecule has 1 aliphatic rings. The number of hydrogen-bond donors (Lipinski definition) is 0. The van der Waals surface area contributed by atoms with Gasteiger partial charge in [0.15, 0.2) is 6.29 Å². The first-order valence-electron chi connectivity index (χ1n) is 4.50. The van der Waals surface area contributed by atoms with Crippen LogP contribution in [-0.4, -0.2) is 15.8 Å². The summed E-state index contributed by atoms with van der Waals surface area (Å²) in [5.41, 5.74) is 0.519. The van der Waals surface area contributed by atoms with Gasteiger partial charge in [-0.15, -0.1) is 0 Å². The highest BCUT2D eigenvalue weighted by Gasteiger charge is 2.10. The van der Waals surface area contributed by atoms with Crippen molar-refractivity contribution < 1.29 is 4.79 Å². The second-order valence-corrected chi connectivity index (χ2v) is 3.42. The molecule has 0 radical (unpaired) electrons. The van der Waals surface area contributed by atoms with Gasteiger partial charge in [-0.3, -0.25) is 4.79 Å². The van der Waals surface area contributed by atoms with Crippen LogP contribution < -0.4 is 0 Å². The minimum absolute atomic E-state index is 0.519. The van der Waals surface area contributed by atoms with Crippen molar-refractivity contribution in [1.82, 2.24) is 9.55 Å². The van der Waals surface area contributed by atoms with Crippen LogP contribution in [0.3, 0.4) is 0 Å². The second kappa shape index (κ2) is 3.56. The van der Waals surface area contributed by atoms with Crippen LogP contribution in [0.4, 0.5) is 0 Å². The lowest BCUT2D eigenvalue weighted by atomic mass is 10.1. The Balaban J connectivity index is 1.97. The number of allylic oxidation sites excluding steroid dienone is 2. The summed E-state index contributed by atoms with van der Waals surface area (Å²) in [7, 11) is 0. The predicted octanol–water partition coefficient (Wildman–Crippen LogP) is 1.66. The fourth-order valence-corrected chi connectivity index (χ4v) is 1.66. The molecule has 1 aliphatic carbocycles. The summed E-state index contributed by atoms with van der Waals surface area (Å²) >= 11 is 0. The van der Waals surface area contributed by atoms with Gasteiger partial charge in [-0.1, -0.05) is 12.2 Å². The number of nitrogens with zero attached hydrogens (tertiary/aromatic N) is 2. The topological polar surface area (TPSA) is 34.9 Å². The molecule has 0 aromatic carbocycles. The van der Waals surface area contributed by atoms with Crippen LogP contribution >= 0.6 is 0 Å². The van der Waals surface area contributed by atoms with Crippen molar-refractivity contribution in [1.29, 1.82) is 0 Å². The summed E-state index contributed by atoms with van der Waals surface area (Å²) < 4.78 is 1.99. The van der Waals surface area contributed by atoms with Crippen LogP contribution in [0.1, 0.15) is 23.3 Å². The maximum Gasteiger partial charge on any atom is 0.169 e. The van der Waals surface area contributed by atoms with E-state index in [1.54, 1.807) is 12.5 Å². The van der Waals surface area contributed by atoms with Crippen molar-refractivity contribution in [3.8, 4) is 0 Å². The van der Waals surface area contributed by atoms with Gasteiger partial charge in [0.2, 0.25) is 0 Å². The average molecular weight is 176 g/mol. The Morgan fingerprint density at radius 1 is 1.54 bits per heavy atom. The zero-order valence-corrected chi connectivity index (χ0v) is 7.39. The highest BCUT2D eigenvalue weighted by atomic mass is 16.1. The summed E-state index contributed by atoms with van der Waals surface area (Å²) in [6, 6.07) is 0. The molecule has 68 valence electrons. The maximum atomic E-state index is 10.4. The molecule has 0 aliphatic heterocycles. The van der Waals surface area contributed by atoms with Crippen molar-refractivity contribution >= 4 is 6.29 Å². The third-order valence-corrected chi connectivity index (χ3v) is 2.35. The molecular formula is C10H12N2O. The van der Waals surface area contributed by atoms with E-state index < -0.39 is 0 Å². The number of hydrogen-bond acceptors (Lipinski definition) is 2. The predicted molar refractivity (Wildman–Crippen MR) is 49.5 cm³/mol. The normalized spacial score (nSPS) is 16.6. The molecule has 3 heteroatoms. The molecule has 0 saturated carbocycles. The number of carbonyl (C=O) groups excluding carboxylic acids is 1. The molecular weight excluding hydrogens is 164 g/mol. The van der Waals surface area contributed by atoms with Crippen molar-refractivity contribution in [2.24, 2.45) is 5.92 Å². The van der Waals surface area contributed by atoms with Gasteiger partial charge in [0.25, 0.3) is 0 Å². The molecule has 0 spiro atoms. The van der Waals surface area contributed by atoms with Gasteiger partial charge in [0, 0.05) is 12.7 Å². The molecule has 1 aromatic heterocycles. The number of aromatic nitrogens is 2. The van der Waals surface area contributed by atoms with Crippen LogP contribution in [0.25, 0.3) is 0 Å². The van der Waals surface area contributed by atoms with Crippen LogP contribution in [-0.2, 0) is 6.54 Å². The van der Waals surface area contributed by atoms with Crippen LogP contribution in [0.5, 0.6) is 0 Å². The fourth-order valence-electron chi connectivity index (χ4n) is 1.66. The Kier molecular flexibility index (Phi) is 2.25. The van der Waals surface area contributed by atoms with E-state index in [0.717, 1.165) is 25.7 Å². The van der Waals surface area contributed by atoms with Gasteiger partial charge in [-0.05, 0) is 18.8 Å². The third kappa shape index (κ3) is 1.86.